The first-order valence-corrected chi connectivity index (χ1v) is 18.0. The van der Waals surface area contributed by atoms with Crippen molar-refractivity contribution in [2.75, 3.05) is 13.7 Å². The summed E-state index contributed by atoms with van der Waals surface area (Å²) in [5.41, 5.74) is -1.51. The van der Waals surface area contributed by atoms with Crippen LogP contribution < -0.4 is 14.8 Å². The maximum Gasteiger partial charge on any atom is 0.513 e. The van der Waals surface area contributed by atoms with E-state index in [2.05, 4.69) is 5.32 Å². The van der Waals surface area contributed by atoms with E-state index in [9.17, 15) is 39.0 Å². The van der Waals surface area contributed by atoms with Crippen LogP contribution in [0.1, 0.15) is 92.0 Å². The smallest absolute Gasteiger partial charge is 0.462 e. The van der Waals surface area contributed by atoms with Gasteiger partial charge in [0.25, 0.3) is 11.7 Å². The fourth-order valence-corrected chi connectivity index (χ4v) is 6.96. The molecule has 1 aromatic rings. The summed E-state index contributed by atoms with van der Waals surface area (Å²) in [4.78, 5) is 80.2. The van der Waals surface area contributed by atoms with E-state index in [4.69, 9.17) is 28.4 Å². The molecule has 5 rings (SSSR count). The number of benzene rings is 1. The molecule has 0 saturated carbocycles. The van der Waals surface area contributed by atoms with Crippen molar-refractivity contribution in [1.29, 1.82) is 0 Å². The number of amides is 1. The van der Waals surface area contributed by atoms with Crippen LogP contribution in [-0.4, -0.2) is 89.5 Å². The zero-order valence-electron chi connectivity index (χ0n) is 32.6. The monoisotopic (exact) mass is 767 g/mol. The van der Waals surface area contributed by atoms with Gasteiger partial charge in [-0.2, -0.15) is 0 Å². The highest BCUT2D eigenvalue weighted by Gasteiger charge is 2.52. The molecule has 0 saturated heterocycles. The number of rotatable bonds is 4. The Morgan fingerprint density at radius 3 is 2.24 bits per heavy atom. The number of nitrogens with one attached hydrogen (secondary N) is 1. The molecule has 5 bridgehead atoms. The Labute approximate surface area is 319 Å². The molecule has 3 aliphatic heterocycles. The summed E-state index contributed by atoms with van der Waals surface area (Å²) < 4.78 is 33.7. The van der Waals surface area contributed by atoms with E-state index in [1.54, 1.807) is 33.8 Å². The van der Waals surface area contributed by atoms with Gasteiger partial charge >= 0.3 is 17.9 Å². The molecule has 0 spiro atoms. The minimum atomic E-state index is -2.10. The van der Waals surface area contributed by atoms with Crippen LogP contribution in [0.2, 0.25) is 0 Å². The van der Waals surface area contributed by atoms with Crippen LogP contribution in [0.25, 0.3) is 0 Å². The molecule has 4 aliphatic rings. The Morgan fingerprint density at radius 2 is 1.62 bits per heavy atom. The minimum absolute atomic E-state index is 0.00221. The molecule has 1 aromatic carbocycles. The number of carbonyl (C=O) groups excluding carboxylic acids is 6. The minimum Gasteiger partial charge on any atom is -0.462 e. The molecule has 1 amide bonds. The lowest BCUT2D eigenvalue weighted by Gasteiger charge is -2.38. The van der Waals surface area contributed by atoms with Crippen molar-refractivity contribution in [3.63, 3.8) is 0 Å². The zero-order chi connectivity index (χ0) is 41.1. The number of hydrogen-bond acceptors (Lipinski definition) is 14. The molecule has 3 N–H and O–H groups in total. The predicted molar refractivity (Wildman–Crippen MR) is 195 cm³/mol. The Kier molecular flexibility index (Phi) is 13.3. The molecule has 298 valence electrons. The van der Waals surface area contributed by atoms with Crippen molar-refractivity contribution in [1.82, 2.24) is 5.32 Å². The van der Waals surface area contributed by atoms with Gasteiger partial charge in [0.1, 0.15) is 11.9 Å². The van der Waals surface area contributed by atoms with E-state index in [-0.39, 0.29) is 29.1 Å². The number of allylic oxidation sites excluding steroid dienone is 4. The molecule has 15 heteroatoms. The average Bonchev–Trinajstić information content (AvgIpc) is 3.39. The van der Waals surface area contributed by atoms with Gasteiger partial charge in [0.05, 0.1) is 53.6 Å². The SMILES string of the molecule is CCOC(=O)Oc1c(C)c2c3c4c1C(=O)C(=CC4=O)NC(=O)C(C)=CC=C[C@H](C)[C@H](O)[C@@H](C)[C@H](O)[C@H](C)[C@H](OC(C)=O)[C@H](C)[C@@H](OC)C=CO[C@@](C)(O2)C3=O. The molecular weight excluding hydrogens is 718 g/mol. The van der Waals surface area contributed by atoms with Gasteiger partial charge in [0.2, 0.25) is 5.78 Å². The molecule has 0 radical (unpaired) electrons. The normalized spacial score (nSPS) is 30.1. The third-order valence-electron chi connectivity index (χ3n) is 10.2. The molecule has 0 aromatic heterocycles. The number of fused-ring (bicyclic) bond motifs is 14. The zero-order valence-corrected chi connectivity index (χ0v) is 32.6. The van der Waals surface area contributed by atoms with Gasteiger partial charge in [-0.25, -0.2) is 4.79 Å². The highest BCUT2D eigenvalue weighted by molar-refractivity contribution is 6.31. The van der Waals surface area contributed by atoms with Crippen LogP contribution in [0.5, 0.6) is 11.5 Å². The van der Waals surface area contributed by atoms with Crippen LogP contribution in [0.3, 0.4) is 0 Å². The largest absolute Gasteiger partial charge is 0.513 e. The van der Waals surface area contributed by atoms with Crippen molar-refractivity contribution >= 4 is 35.4 Å². The second kappa shape index (κ2) is 17.1. The van der Waals surface area contributed by atoms with E-state index in [1.807, 2.05) is 0 Å². The number of esters is 1. The Hall–Kier alpha value is -5.12. The van der Waals surface area contributed by atoms with Crippen molar-refractivity contribution in [3.05, 3.63) is 70.2 Å². The van der Waals surface area contributed by atoms with E-state index in [0.717, 1.165) is 12.3 Å². The summed E-state index contributed by atoms with van der Waals surface area (Å²) in [5, 5.41) is 25.1. The first-order chi connectivity index (χ1) is 25.8. The van der Waals surface area contributed by atoms with Gasteiger partial charge < -0.3 is 44.0 Å². The Bertz CT molecular complexity index is 1870. The highest BCUT2D eigenvalue weighted by atomic mass is 16.7. The predicted octanol–water partition coefficient (Wildman–Crippen LogP) is 4.46. The molecule has 0 fully saturated rings. The topological polar surface area (TPSA) is 210 Å². The molecule has 55 heavy (non-hydrogen) atoms. The fourth-order valence-electron chi connectivity index (χ4n) is 6.96. The van der Waals surface area contributed by atoms with Gasteiger partial charge in [-0.3, -0.25) is 24.0 Å². The second-order valence-corrected chi connectivity index (χ2v) is 14.1. The van der Waals surface area contributed by atoms with Crippen molar-refractivity contribution in [2.45, 2.75) is 92.5 Å². The third-order valence-corrected chi connectivity index (χ3v) is 10.2. The lowest BCUT2D eigenvalue weighted by atomic mass is 9.78. The first-order valence-electron chi connectivity index (χ1n) is 18.0. The number of methoxy groups -OCH3 is 1. The fraction of sp³-hybridized carbons (Fsp3) is 0.500. The number of ketones is 3. The van der Waals surface area contributed by atoms with E-state index < -0.39 is 112 Å². The summed E-state index contributed by atoms with van der Waals surface area (Å²) in [6, 6.07) is 0. The third kappa shape index (κ3) is 8.58. The summed E-state index contributed by atoms with van der Waals surface area (Å²) in [5.74, 6) is -9.23. The number of ether oxygens (including phenoxy) is 6. The van der Waals surface area contributed by atoms with E-state index in [1.165, 1.54) is 60.0 Å². The van der Waals surface area contributed by atoms with E-state index >= 15 is 0 Å². The molecule has 9 atom stereocenters. The van der Waals surface area contributed by atoms with Crippen LogP contribution >= 0.6 is 0 Å². The summed E-state index contributed by atoms with van der Waals surface area (Å²) in [7, 11) is 1.41. The number of Topliss-reactive ketones (excluding diaryl/α,β-unsaturated/α-hetero) is 2. The lowest BCUT2D eigenvalue weighted by Crippen LogP contribution is -2.46. The number of carbonyl (C=O) groups is 6. The summed E-state index contributed by atoms with van der Waals surface area (Å²) in [6.07, 6.45) is 2.91. The molecule has 3 heterocycles. The van der Waals surface area contributed by atoms with Crippen molar-refractivity contribution < 1.29 is 67.4 Å². The van der Waals surface area contributed by atoms with Crippen molar-refractivity contribution in [2.24, 2.45) is 23.7 Å². The summed E-state index contributed by atoms with van der Waals surface area (Å²) in [6.45, 7) is 13.7. The van der Waals surface area contributed by atoms with Gasteiger partial charge in [-0.15, -0.1) is 0 Å². The van der Waals surface area contributed by atoms with Crippen LogP contribution in [0, 0.1) is 30.6 Å². The van der Waals surface area contributed by atoms with Gasteiger partial charge in [-0.1, -0.05) is 45.9 Å². The maximum atomic E-state index is 14.2. The molecular formula is C40H49NO14. The quantitative estimate of drug-likeness (QED) is 0.286. The first kappa shape index (κ1) is 42.6. The lowest BCUT2D eigenvalue weighted by molar-refractivity contribution is -0.160. The van der Waals surface area contributed by atoms with Gasteiger partial charge in [0.15, 0.2) is 11.5 Å². The standard InChI is InChI=1S/C40H49NO14/c1-11-51-39(49)54-35-23(7)36-30-28-26(43)17-25(33(46)29(28)35)41-38(48)19(3)14-12-13-18(2)31(44)21(5)32(45)22(6)34(53-24(8)42)20(4)27(50-10)15-16-52-40(9,55-36)37(30)47/h12-18,20-22,27,31-32,34,44-45H,11H2,1-10H3,(H,41,48)/t18-,20+,21+,22-,27-,31-,32-,34+,40-/m0/s1. The van der Waals surface area contributed by atoms with Gasteiger partial charge in [0, 0.05) is 61.8 Å². The van der Waals surface area contributed by atoms with E-state index in [0.29, 0.717) is 0 Å². The summed E-state index contributed by atoms with van der Waals surface area (Å²) >= 11 is 0. The van der Waals surface area contributed by atoms with Crippen LogP contribution in [0.4, 0.5) is 4.79 Å². The molecule has 0 unspecified atom stereocenters. The van der Waals surface area contributed by atoms with Crippen LogP contribution in [-0.2, 0) is 28.5 Å². The molecule has 15 nitrogen and oxygen atoms in total. The Balaban J connectivity index is 1.89. The van der Waals surface area contributed by atoms with Crippen LogP contribution in [0.15, 0.2) is 47.9 Å². The molecule has 1 aliphatic carbocycles. The number of aliphatic hydroxyl groups is 2. The number of hydrogen-bond donors (Lipinski definition) is 3. The van der Waals surface area contributed by atoms with Gasteiger partial charge in [-0.05, 0) is 26.8 Å². The average molecular weight is 768 g/mol. The maximum absolute atomic E-state index is 14.2. The number of aliphatic hydroxyl groups excluding tert-OH is 2. The highest BCUT2D eigenvalue weighted by Crippen LogP contribution is 2.48. The van der Waals surface area contributed by atoms with Crippen molar-refractivity contribution in [3.8, 4) is 11.5 Å². The second-order valence-electron chi connectivity index (χ2n) is 14.1. The Morgan fingerprint density at radius 1 is 0.945 bits per heavy atom.